The number of rotatable bonds is 2. The fourth-order valence-corrected chi connectivity index (χ4v) is 6.85. The Hall–Kier alpha value is -1.87. The lowest BCUT2D eigenvalue weighted by Gasteiger charge is -2.53. The molecule has 4 rings (SSSR count). The number of amides is 2. The van der Waals surface area contributed by atoms with Gasteiger partial charge in [0.25, 0.3) is 5.91 Å². The van der Waals surface area contributed by atoms with E-state index in [2.05, 4.69) is 0 Å². The van der Waals surface area contributed by atoms with Crippen LogP contribution in [0.15, 0.2) is 10.5 Å². The summed E-state index contributed by atoms with van der Waals surface area (Å²) in [6.45, 7) is 5.64. The molecule has 9 heteroatoms. The quantitative estimate of drug-likeness (QED) is 0.717. The Morgan fingerprint density at radius 2 is 1.83 bits per heavy atom. The summed E-state index contributed by atoms with van der Waals surface area (Å²) >= 11 is 0. The second kappa shape index (κ2) is 7.12. The second-order valence-electron chi connectivity index (χ2n) is 8.60. The van der Waals surface area contributed by atoms with Gasteiger partial charge < -0.3 is 14.2 Å². The molecule has 3 aliphatic rings. The fraction of sp³-hybridized carbons (Fsp3) is 0.700. The van der Waals surface area contributed by atoms with Crippen molar-refractivity contribution in [2.75, 3.05) is 39.0 Å². The molecule has 0 radical (unpaired) electrons. The highest BCUT2D eigenvalue weighted by atomic mass is 32.2. The number of carbonyl (C=O) groups is 2. The minimum atomic E-state index is -3.38. The summed E-state index contributed by atoms with van der Waals surface area (Å²) in [5.74, 6) is 1.03. The molecule has 1 aromatic rings. The molecule has 3 aliphatic heterocycles. The molecule has 1 aromatic heterocycles. The summed E-state index contributed by atoms with van der Waals surface area (Å²) in [6.07, 6.45) is 2.65. The standard InChI is InChI=1S/C20H29N3O5S/c1-14-12-16(15(2)28-14)18(24)23-10-6-17-20(13-23,7-11-29(26,27)21(17)3)19(25)22-8-4-5-9-22/h12,17H,4-11,13H2,1-3H3/t17-,20+/m1/s1. The molecule has 0 aromatic carbocycles. The van der Waals surface area contributed by atoms with Crippen molar-refractivity contribution in [2.24, 2.45) is 5.41 Å². The minimum absolute atomic E-state index is 0.000605. The summed E-state index contributed by atoms with van der Waals surface area (Å²) in [6, 6.07) is 1.32. The number of carbonyl (C=O) groups excluding carboxylic acids is 2. The molecule has 160 valence electrons. The first-order chi connectivity index (χ1) is 13.7. The molecule has 0 bridgehead atoms. The van der Waals surface area contributed by atoms with Gasteiger partial charge in [0.15, 0.2) is 0 Å². The van der Waals surface area contributed by atoms with Gasteiger partial charge in [0.1, 0.15) is 11.5 Å². The number of fused-ring (bicyclic) bond motifs is 1. The van der Waals surface area contributed by atoms with E-state index < -0.39 is 21.5 Å². The van der Waals surface area contributed by atoms with E-state index in [0.29, 0.717) is 43.1 Å². The Kier molecular flexibility index (Phi) is 5.01. The zero-order chi connectivity index (χ0) is 21.0. The van der Waals surface area contributed by atoms with Crippen molar-refractivity contribution < 1.29 is 22.4 Å². The van der Waals surface area contributed by atoms with Gasteiger partial charge in [0.05, 0.1) is 16.7 Å². The third-order valence-corrected chi connectivity index (χ3v) is 8.70. The highest BCUT2D eigenvalue weighted by Gasteiger charge is 2.58. The minimum Gasteiger partial charge on any atom is -0.466 e. The van der Waals surface area contributed by atoms with Crippen molar-refractivity contribution in [2.45, 2.75) is 45.6 Å². The van der Waals surface area contributed by atoms with E-state index >= 15 is 0 Å². The number of hydrogen-bond acceptors (Lipinski definition) is 5. The third kappa shape index (κ3) is 3.28. The highest BCUT2D eigenvalue weighted by Crippen LogP contribution is 2.44. The van der Waals surface area contributed by atoms with Crippen LogP contribution in [0.5, 0.6) is 0 Å². The maximum absolute atomic E-state index is 13.6. The van der Waals surface area contributed by atoms with Gasteiger partial charge in [-0.3, -0.25) is 9.59 Å². The van der Waals surface area contributed by atoms with Crippen LogP contribution in [0.25, 0.3) is 0 Å². The molecule has 0 N–H and O–H groups in total. The van der Waals surface area contributed by atoms with E-state index in [1.165, 1.54) is 4.31 Å². The van der Waals surface area contributed by atoms with Crippen LogP contribution in [0.2, 0.25) is 0 Å². The normalized spacial score (nSPS) is 29.7. The Morgan fingerprint density at radius 1 is 1.14 bits per heavy atom. The molecule has 3 fully saturated rings. The summed E-state index contributed by atoms with van der Waals surface area (Å²) in [5.41, 5.74) is -0.369. The Morgan fingerprint density at radius 3 is 2.45 bits per heavy atom. The molecule has 3 saturated heterocycles. The molecular weight excluding hydrogens is 394 g/mol. The van der Waals surface area contributed by atoms with Crippen LogP contribution in [-0.4, -0.2) is 79.4 Å². The van der Waals surface area contributed by atoms with Gasteiger partial charge in [-0.1, -0.05) is 0 Å². The third-order valence-electron chi connectivity index (χ3n) is 6.84. The largest absolute Gasteiger partial charge is 0.466 e. The topological polar surface area (TPSA) is 91.1 Å². The molecule has 29 heavy (non-hydrogen) atoms. The SMILES string of the molecule is Cc1cc(C(=O)N2CC[C@H]3N(C)S(=O)(=O)CC[C@]3(C(=O)N3CCCC3)C2)c(C)o1. The first kappa shape index (κ1) is 20.4. The number of nitrogens with zero attached hydrogens (tertiary/aromatic N) is 3. The van der Waals surface area contributed by atoms with Crippen molar-refractivity contribution >= 4 is 21.8 Å². The van der Waals surface area contributed by atoms with E-state index in [9.17, 15) is 18.0 Å². The Bertz CT molecular complexity index is 934. The van der Waals surface area contributed by atoms with Crippen LogP contribution < -0.4 is 0 Å². The van der Waals surface area contributed by atoms with Crippen LogP contribution in [0.4, 0.5) is 0 Å². The lowest BCUT2D eigenvalue weighted by Crippen LogP contribution is -2.67. The van der Waals surface area contributed by atoms with Crippen LogP contribution in [0, 0.1) is 19.3 Å². The van der Waals surface area contributed by atoms with Gasteiger partial charge >= 0.3 is 0 Å². The molecule has 8 nitrogen and oxygen atoms in total. The van der Waals surface area contributed by atoms with Crippen molar-refractivity contribution in [1.29, 1.82) is 0 Å². The van der Waals surface area contributed by atoms with Crippen LogP contribution in [0.1, 0.15) is 47.6 Å². The molecule has 0 saturated carbocycles. The molecule has 0 aliphatic carbocycles. The number of piperidine rings is 1. The lowest BCUT2D eigenvalue weighted by atomic mass is 9.71. The first-order valence-corrected chi connectivity index (χ1v) is 11.9. The smallest absolute Gasteiger partial charge is 0.257 e. The average molecular weight is 424 g/mol. The monoisotopic (exact) mass is 423 g/mol. The maximum atomic E-state index is 13.6. The van der Waals surface area contributed by atoms with Crippen molar-refractivity contribution in [3.8, 4) is 0 Å². The molecule has 0 spiro atoms. The summed E-state index contributed by atoms with van der Waals surface area (Å²) < 4.78 is 31.9. The molecule has 4 heterocycles. The second-order valence-corrected chi connectivity index (χ2v) is 10.7. The molecular formula is C20H29N3O5S. The number of sulfonamides is 1. The number of aryl methyl sites for hydroxylation is 2. The van der Waals surface area contributed by atoms with Crippen LogP contribution in [0.3, 0.4) is 0 Å². The van der Waals surface area contributed by atoms with Gasteiger partial charge in [-0.2, -0.15) is 0 Å². The van der Waals surface area contributed by atoms with Crippen molar-refractivity contribution in [3.63, 3.8) is 0 Å². The van der Waals surface area contributed by atoms with Crippen LogP contribution >= 0.6 is 0 Å². The van der Waals surface area contributed by atoms with Gasteiger partial charge in [-0.15, -0.1) is 0 Å². The number of likely N-dealkylation sites (tertiary alicyclic amines) is 2. The number of hydrogen-bond donors (Lipinski definition) is 0. The van der Waals surface area contributed by atoms with Crippen LogP contribution in [-0.2, 0) is 14.8 Å². The maximum Gasteiger partial charge on any atom is 0.257 e. The molecule has 2 amide bonds. The van der Waals surface area contributed by atoms with Gasteiger partial charge in [0.2, 0.25) is 15.9 Å². The van der Waals surface area contributed by atoms with Gasteiger partial charge in [-0.25, -0.2) is 12.7 Å². The van der Waals surface area contributed by atoms with E-state index in [1.807, 2.05) is 4.90 Å². The zero-order valence-corrected chi connectivity index (χ0v) is 18.1. The van der Waals surface area contributed by atoms with E-state index in [1.54, 1.807) is 31.9 Å². The Labute approximate surface area is 171 Å². The summed E-state index contributed by atoms with van der Waals surface area (Å²) in [5, 5.41) is 0. The van der Waals surface area contributed by atoms with E-state index in [0.717, 1.165) is 12.8 Å². The van der Waals surface area contributed by atoms with Crippen molar-refractivity contribution in [1.82, 2.24) is 14.1 Å². The first-order valence-electron chi connectivity index (χ1n) is 10.3. The molecule has 2 atom stereocenters. The highest BCUT2D eigenvalue weighted by molar-refractivity contribution is 7.89. The van der Waals surface area contributed by atoms with Gasteiger partial charge in [0, 0.05) is 39.3 Å². The fourth-order valence-electron chi connectivity index (χ4n) is 5.24. The predicted molar refractivity (Wildman–Crippen MR) is 107 cm³/mol. The van der Waals surface area contributed by atoms with E-state index in [-0.39, 0.29) is 30.5 Å². The predicted octanol–water partition coefficient (Wildman–Crippen LogP) is 1.39. The van der Waals surface area contributed by atoms with Gasteiger partial charge in [-0.05, 0) is 45.6 Å². The summed E-state index contributed by atoms with van der Waals surface area (Å²) in [7, 11) is -1.80. The zero-order valence-electron chi connectivity index (χ0n) is 17.3. The molecule has 0 unspecified atom stereocenters. The number of furan rings is 1. The Balaban J connectivity index is 1.68. The average Bonchev–Trinajstić information content (AvgIpc) is 3.33. The summed E-state index contributed by atoms with van der Waals surface area (Å²) in [4.78, 5) is 30.4. The lowest BCUT2D eigenvalue weighted by molar-refractivity contribution is -0.148. The van der Waals surface area contributed by atoms with Crippen molar-refractivity contribution in [3.05, 3.63) is 23.2 Å². The van der Waals surface area contributed by atoms with E-state index in [4.69, 9.17) is 4.42 Å².